The second kappa shape index (κ2) is 3.35. The van der Waals surface area contributed by atoms with Crippen LogP contribution in [0.5, 0.6) is 0 Å². The smallest absolute Gasteiger partial charge is 0.0819 e. The monoisotopic (exact) mass is 196 g/mol. The molecule has 0 saturated heterocycles. The zero-order chi connectivity index (χ0) is 8.39. The molecule has 0 atom stereocenters. The molecule has 0 aliphatic heterocycles. The van der Waals surface area contributed by atoms with E-state index in [1.54, 1.807) is 22.7 Å². The van der Waals surface area contributed by atoms with Crippen LogP contribution in [0, 0.1) is 0 Å². The Hall–Kier alpha value is -0.710. The Morgan fingerprint density at radius 1 is 1.42 bits per heavy atom. The fraction of sp³-hybridized carbons (Fsp3) is 0.125. The summed E-state index contributed by atoms with van der Waals surface area (Å²) in [6.07, 6.45) is 0. The number of hydrogen-bond acceptors (Lipinski definition) is 4. The molecule has 2 nitrogen and oxygen atoms in total. The number of nitrogens with two attached hydrogens (primary N) is 1. The van der Waals surface area contributed by atoms with E-state index in [0.717, 1.165) is 5.69 Å². The van der Waals surface area contributed by atoms with E-state index in [0.29, 0.717) is 6.54 Å². The minimum absolute atomic E-state index is 0.620. The van der Waals surface area contributed by atoms with Gasteiger partial charge in [-0.15, -0.1) is 22.7 Å². The zero-order valence-corrected chi connectivity index (χ0v) is 7.99. The number of nitrogens with zero attached hydrogens (tertiary/aromatic N) is 1. The van der Waals surface area contributed by atoms with E-state index in [-0.39, 0.29) is 0 Å². The van der Waals surface area contributed by atoms with Crippen LogP contribution in [0.3, 0.4) is 0 Å². The molecule has 2 aromatic heterocycles. The van der Waals surface area contributed by atoms with Crippen molar-refractivity contribution in [3.8, 4) is 11.3 Å². The number of hydrogen-bond donors (Lipinski definition) is 1. The molecule has 62 valence electrons. The van der Waals surface area contributed by atoms with Crippen molar-refractivity contribution in [2.24, 2.45) is 5.73 Å². The van der Waals surface area contributed by atoms with Crippen molar-refractivity contribution in [1.82, 2.24) is 4.98 Å². The lowest BCUT2D eigenvalue weighted by Crippen LogP contribution is -1.91. The third kappa shape index (κ3) is 1.41. The summed E-state index contributed by atoms with van der Waals surface area (Å²) in [5.41, 5.74) is 9.59. The molecule has 12 heavy (non-hydrogen) atoms. The SMILES string of the molecule is NCc1cc(-c2cscn2)cs1. The average molecular weight is 196 g/mol. The molecule has 0 radical (unpaired) electrons. The van der Waals surface area contributed by atoms with Gasteiger partial charge in [0.1, 0.15) is 0 Å². The number of thiazole rings is 1. The highest BCUT2D eigenvalue weighted by atomic mass is 32.1. The average Bonchev–Trinajstić information content (AvgIpc) is 2.75. The predicted octanol–water partition coefficient (Wildman–Crippen LogP) is 2.33. The molecule has 0 aliphatic rings. The summed E-state index contributed by atoms with van der Waals surface area (Å²) in [7, 11) is 0. The summed E-state index contributed by atoms with van der Waals surface area (Å²) in [5.74, 6) is 0. The third-order valence-corrected chi connectivity index (χ3v) is 3.13. The van der Waals surface area contributed by atoms with E-state index in [1.807, 2.05) is 10.9 Å². The van der Waals surface area contributed by atoms with Crippen LogP contribution >= 0.6 is 22.7 Å². The van der Waals surface area contributed by atoms with E-state index >= 15 is 0 Å². The molecule has 0 fully saturated rings. The molecule has 0 spiro atoms. The topological polar surface area (TPSA) is 38.9 Å². The first-order valence-electron chi connectivity index (χ1n) is 3.56. The Labute approximate surface area is 78.7 Å². The van der Waals surface area contributed by atoms with Crippen LogP contribution in [-0.4, -0.2) is 4.98 Å². The number of thiophene rings is 1. The molecule has 0 aromatic carbocycles. The predicted molar refractivity (Wildman–Crippen MR) is 53.3 cm³/mol. The zero-order valence-electron chi connectivity index (χ0n) is 6.36. The van der Waals surface area contributed by atoms with E-state index in [9.17, 15) is 0 Å². The first kappa shape index (κ1) is 7.91. The van der Waals surface area contributed by atoms with Crippen LogP contribution in [0.4, 0.5) is 0 Å². The Kier molecular flexibility index (Phi) is 2.21. The van der Waals surface area contributed by atoms with Crippen molar-refractivity contribution >= 4 is 22.7 Å². The van der Waals surface area contributed by atoms with Crippen molar-refractivity contribution < 1.29 is 0 Å². The fourth-order valence-corrected chi connectivity index (χ4v) is 2.30. The summed E-state index contributed by atoms with van der Waals surface area (Å²) >= 11 is 3.30. The minimum atomic E-state index is 0.620. The van der Waals surface area contributed by atoms with Gasteiger partial charge >= 0.3 is 0 Å². The lowest BCUT2D eigenvalue weighted by atomic mass is 10.2. The van der Waals surface area contributed by atoms with Crippen molar-refractivity contribution in [2.75, 3.05) is 0 Å². The van der Waals surface area contributed by atoms with Crippen LogP contribution in [0.2, 0.25) is 0 Å². The van der Waals surface area contributed by atoms with Gasteiger partial charge < -0.3 is 5.73 Å². The van der Waals surface area contributed by atoms with Crippen molar-refractivity contribution in [3.05, 3.63) is 27.2 Å². The van der Waals surface area contributed by atoms with Crippen LogP contribution in [-0.2, 0) is 6.54 Å². The van der Waals surface area contributed by atoms with Crippen molar-refractivity contribution in [1.29, 1.82) is 0 Å². The summed E-state index contributed by atoms with van der Waals surface area (Å²) in [6, 6.07) is 2.10. The van der Waals surface area contributed by atoms with Gasteiger partial charge in [-0.2, -0.15) is 0 Å². The second-order valence-electron chi connectivity index (χ2n) is 2.38. The van der Waals surface area contributed by atoms with Crippen LogP contribution in [0.25, 0.3) is 11.3 Å². The van der Waals surface area contributed by atoms with Gasteiger partial charge in [0.15, 0.2) is 0 Å². The molecule has 0 bridgehead atoms. The van der Waals surface area contributed by atoms with Crippen LogP contribution < -0.4 is 5.73 Å². The molecule has 2 aromatic rings. The fourth-order valence-electron chi connectivity index (χ4n) is 0.977. The lowest BCUT2D eigenvalue weighted by Gasteiger charge is -1.86. The second-order valence-corrected chi connectivity index (χ2v) is 4.09. The van der Waals surface area contributed by atoms with Gasteiger partial charge in [0.2, 0.25) is 0 Å². The van der Waals surface area contributed by atoms with Gasteiger partial charge in [0.25, 0.3) is 0 Å². The maximum atomic E-state index is 5.51. The largest absolute Gasteiger partial charge is 0.326 e. The first-order valence-corrected chi connectivity index (χ1v) is 5.38. The quantitative estimate of drug-likeness (QED) is 0.800. The molecule has 0 aliphatic carbocycles. The highest BCUT2D eigenvalue weighted by Crippen LogP contribution is 2.24. The summed E-state index contributed by atoms with van der Waals surface area (Å²) in [6.45, 7) is 0.620. The molecule has 2 heterocycles. The molecule has 0 amide bonds. The normalized spacial score (nSPS) is 10.4. The Morgan fingerprint density at radius 2 is 2.33 bits per heavy atom. The first-order chi connectivity index (χ1) is 5.90. The summed E-state index contributed by atoms with van der Waals surface area (Å²) in [5, 5.41) is 4.14. The van der Waals surface area contributed by atoms with Gasteiger partial charge in [-0.3, -0.25) is 0 Å². The maximum absolute atomic E-state index is 5.51. The Bertz CT molecular complexity index is 351. The van der Waals surface area contributed by atoms with Crippen LogP contribution in [0.15, 0.2) is 22.3 Å². The molecule has 4 heteroatoms. The molecular formula is C8H8N2S2. The summed E-state index contributed by atoms with van der Waals surface area (Å²) in [4.78, 5) is 5.42. The van der Waals surface area contributed by atoms with E-state index in [1.165, 1.54) is 10.4 Å². The third-order valence-electron chi connectivity index (χ3n) is 1.58. The molecule has 0 unspecified atom stereocenters. The lowest BCUT2D eigenvalue weighted by molar-refractivity contribution is 1.11. The van der Waals surface area contributed by atoms with Gasteiger partial charge in [-0.1, -0.05) is 0 Å². The van der Waals surface area contributed by atoms with Gasteiger partial charge in [-0.25, -0.2) is 4.98 Å². The highest BCUT2D eigenvalue weighted by molar-refractivity contribution is 7.10. The van der Waals surface area contributed by atoms with E-state index < -0.39 is 0 Å². The minimum Gasteiger partial charge on any atom is -0.326 e. The van der Waals surface area contributed by atoms with Gasteiger partial charge in [0, 0.05) is 27.7 Å². The Morgan fingerprint density at radius 3 is 2.92 bits per heavy atom. The highest BCUT2D eigenvalue weighted by Gasteiger charge is 2.01. The maximum Gasteiger partial charge on any atom is 0.0819 e. The number of rotatable bonds is 2. The molecular weight excluding hydrogens is 188 g/mol. The van der Waals surface area contributed by atoms with E-state index in [4.69, 9.17) is 5.73 Å². The Balaban J connectivity index is 2.35. The molecule has 2 N–H and O–H groups in total. The van der Waals surface area contributed by atoms with Gasteiger partial charge in [-0.05, 0) is 6.07 Å². The molecule has 2 rings (SSSR count). The van der Waals surface area contributed by atoms with Crippen molar-refractivity contribution in [3.63, 3.8) is 0 Å². The van der Waals surface area contributed by atoms with Gasteiger partial charge in [0.05, 0.1) is 11.2 Å². The van der Waals surface area contributed by atoms with Crippen molar-refractivity contribution in [2.45, 2.75) is 6.54 Å². The van der Waals surface area contributed by atoms with Crippen LogP contribution in [0.1, 0.15) is 4.88 Å². The number of aromatic nitrogens is 1. The standard InChI is InChI=1S/C8H8N2S2/c9-2-7-1-6(3-12-7)8-4-11-5-10-8/h1,3-5H,2,9H2. The molecule has 0 saturated carbocycles. The van der Waals surface area contributed by atoms with E-state index in [2.05, 4.69) is 16.4 Å². The summed E-state index contributed by atoms with van der Waals surface area (Å²) < 4.78 is 0.